The molecule has 2 heterocycles. The Morgan fingerprint density at radius 2 is 1.79 bits per heavy atom. The van der Waals surface area contributed by atoms with Crippen LogP contribution in [0.15, 0.2) is 66.7 Å². The molecule has 4 rings (SSSR count). The van der Waals surface area contributed by atoms with Crippen molar-refractivity contribution in [3.05, 3.63) is 72.3 Å². The minimum Gasteiger partial charge on any atom is -0.405 e. The molecule has 1 amide bonds. The van der Waals surface area contributed by atoms with Crippen LogP contribution in [-0.2, 0) is 11.3 Å². The van der Waals surface area contributed by atoms with Gasteiger partial charge in [-0.1, -0.05) is 48.5 Å². The SMILES string of the molecule is O=C(NCc1ccccc1OC(F)(F)F)C1CCCN(c2ccc(-c3ccccc3)nn2)C1. The number of aromatic nitrogens is 2. The van der Waals surface area contributed by atoms with E-state index in [9.17, 15) is 18.0 Å². The minimum absolute atomic E-state index is 0.0484. The number of nitrogens with zero attached hydrogens (tertiary/aromatic N) is 3. The minimum atomic E-state index is -4.79. The summed E-state index contributed by atoms with van der Waals surface area (Å²) >= 11 is 0. The van der Waals surface area contributed by atoms with Crippen LogP contribution < -0.4 is 15.0 Å². The second kappa shape index (κ2) is 9.89. The second-order valence-corrected chi connectivity index (χ2v) is 7.80. The molecule has 3 aromatic rings. The Balaban J connectivity index is 1.36. The number of benzene rings is 2. The molecule has 0 spiro atoms. The first-order chi connectivity index (χ1) is 15.9. The largest absolute Gasteiger partial charge is 0.573 e. The molecule has 1 N–H and O–H groups in total. The standard InChI is InChI=1S/C24H23F3N4O2/c25-24(26,27)33-21-11-5-4-9-18(21)15-28-23(32)19-10-6-14-31(16-19)22-13-12-20(29-30-22)17-7-2-1-3-8-17/h1-5,7-9,11-13,19H,6,10,14-16H2,(H,28,32). The summed E-state index contributed by atoms with van der Waals surface area (Å²) in [4.78, 5) is 14.8. The normalized spacial score (nSPS) is 16.3. The van der Waals surface area contributed by atoms with Gasteiger partial charge in [0.2, 0.25) is 5.91 Å². The van der Waals surface area contributed by atoms with Gasteiger partial charge in [-0.3, -0.25) is 4.79 Å². The second-order valence-electron chi connectivity index (χ2n) is 7.80. The summed E-state index contributed by atoms with van der Waals surface area (Å²) in [7, 11) is 0. The predicted molar refractivity (Wildman–Crippen MR) is 117 cm³/mol. The van der Waals surface area contributed by atoms with E-state index in [0.29, 0.717) is 18.8 Å². The third kappa shape index (κ3) is 6.00. The van der Waals surface area contributed by atoms with E-state index in [-0.39, 0.29) is 29.7 Å². The van der Waals surface area contributed by atoms with Gasteiger partial charge in [-0.25, -0.2) is 0 Å². The van der Waals surface area contributed by atoms with E-state index >= 15 is 0 Å². The highest BCUT2D eigenvalue weighted by molar-refractivity contribution is 5.79. The molecule has 2 aromatic carbocycles. The van der Waals surface area contributed by atoms with Gasteiger partial charge in [0.15, 0.2) is 5.82 Å². The van der Waals surface area contributed by atoms with E-state index in [1.165, 1.54) is 18.2 Å². The monoisotopic (exact) mass is 456 g/mol. The fourth-order valence-electron chi connectivity index (χ4n) is 3.86. The molecule has 0 bridgehead atoms. The van der Waals surface area contributed by atoms with Crippen LogP contribution in [0, 0.1) is 5.92 Å². The predicted octanol–water partition coefficient (Wildman–Crippen LogP) is 4.58. The van der Waals surface area contributed by atoms with Crippen LogP contribution >= 0.6 is 0 Å². The lowest BCUT2D eigenvalue weighted by Gasteiger charge is -2.32. The van der Waals surface area contributed by atoms with Crippen molar-refractivity contribution in [1.82, 2.24) is 15.5 Å². The van der Waals surface area contributed by atoms with Gasteiger partial charge in [0.1, 0.15) is 5.75 Å². The quantitative estimate of drug-likeness (QED) is 0.588. The highest BCUT2D eigenvalue weighted by Crippen LogP contribution is 2.27. The maximum Gasteiger partial charge on any atom is 0.573 e. The van der Waals surface area contributed by atoms with E-state index in [1.807, 2.05) is 47.4 Å². The van der Waals surface area contributed by atoms with Crippen LogP contribution in [0.2, 0.25) is 0 Å². The molecule has 172 valence electrons. The summed E-state index contributed by atoms with van der Waals surface area (Å²) in [5.74, 6) is -0.138. The van der Waals surface area contributed by atoms with Crippen LogP contribution in [0.5, 0.6) is 5.75 Å². The lowest BCUT2D eigenvalue weighted by atomic mass is 9.97. The van der Waals surface area contributed by atoms with Crippen LogP contribution in [-0.4, -0.2) is 35.6 Å². The van der Waals surface area contributed by atoms with Crippen molar-refractivity contribution >= 4 is 11.7 Å². The number of piperidine rings is 1. The molecular weight excluding hydrogens is 433 g/mol. The Hall–Kier alpha value is -3.62. The molecule has 0 aliphatic carbocycles. The molecule has 1 fully saturated rings. The lowest BCUT2D eigenvalue weighted by Crippen LogP contribution is -2.43. The van der Waals surface area contributed by atoms with E-state index in [1.54, 1.807) is 6.07 Å². The number of para-hydroxylation sites is 1. The molecular formula is C24H23F3N4O2. The third-order valence-corrected chi connectivity index (χ3v) is 5.49. The molecule has 1 aromatic heterocycles. The van der Waals surface area contributed by atoms with E-state index in [0.717, 1.165) is 24.2 Å². The number of rotatable bonds is 6. The van der Waals surface area contributed by atoms with Gasteiger partial charge < -0.3 is 15.0 Å². The van der Waals surface area contributed by atoms with Crippen molar-refractivity contribution in [3.8, 4) is 17.0 Å². The van der Waals surface area contributed by atoms with Crippen molar-refractivity contribution in [1.29, 1.82) is 0 Å². The van der Waals surface area contributed by atoms with Gasteiger partial charge in [0.05, 0.1) is 11.6 Å². The molecule has 6 nitrogen and oxygen atoms in total. The number of anilines is 1. The summed E-state index contributed by atoms with van der Waals surface area (Å²) in [6, 6.07) is 19.3. The molecule has 1 atom stereocenters. The summed E-state index contributed by atoms with van der Waals surface area (Å²) in [5, 5.41) is 11.4. The third-order valence-electron chi connectivity index (χ3n) is 5.49. The average Bonchev–Trinajstić information content (AvgIpc) is 2.83. The van der Waals surface area contributed by atoms with Gasteiger partial charge in [-0.2, -0.15) is 0 Å². The first-order valence-electron chi connectivity index (χ1n) is 10.6. The zero-order chi connectivity index (χ0) is 23.3. The van der Waals surface area contributed by atoms with E-state index < -0.39 is 6.36 Å². The van der Waals surface area contributed by atoms with Gasteiger partial charge in [-0.15, -0.1) is 23.4 Å². The Bertz CT molecular complexity index is 1080. The van der Waals surface area contributed by atoms with Crippen molar-refractivity contribution in [3.63, 3.8) is 0 Å². The smallest absolute Gasteiger partial charge is 0.405 e. The number of hydrogen-bond acceptors (Lipinski definition) is 5. The molecule has 33 heavy (non-hydrogen) atoms. The number of carbonyl (C=O) groups excluding carboxylic acids is 1. The molecule has 1 aliphatic rings. The number of alkyl halides is 3. The first-order valence-corrected chi connectivity index (χ1v) is 10.6. The topological polar surface area (TPSA) is 67.3 Å². The number of carbonyl (C=O) groups is 1. The average molecular weight is 456 g/mol. The molecule has 0 radical (unpaired) electrons. The first kappa shape index (κ1) is 22.6. The Morgan fingerprint density at radius 3 is 2.52 bits per heavy atom. The molecule has 1 unspecified atom stereocenters. The number of amides is 1. The zero-order valence-electron chi connectivity index (χ0n) is 17.8. The maximum atomic E-state index is 12.7. The molecule has 9 heteroatoms. The van der Waals surface area contributed by atoms with Crippen LogP contribution in [0.3, 0.4) is 0 Å². The summed E-state index contributed by atoms with van der Waals surface area (Å²) in [5.41, 5.74) is 2.01. The highest BCUT2D eigenvalue weighted by Gasteiger charge is 2.32. The van der Waals surface area contributed by atoms with Gasteiger partial charge in [-0.05, 0) is 31.0 Å². The number of nitrogens with one attached hydrogen (secondary N) is 1. The number of ether oxygens (including phenoxy) is 1. The van der Waals surface area contributed by atoms with Crippen LogP contribution in [0.25, 0.3) is 11.3 Å². The van der Waals surface area contributed by atoms with Crippen molar-refractivity contribution < 1.29 is 22.7 Å². The highest BCUT2D eigenvalue weighted by atomic mass is 19.4. The fraction of sp³-hybridized carbons (Fsp3) is 0.292. The van der Waals surface area contributed by atoms with Crippen molar-refractivity contribution in [2.45, 2.75) is 25.7 Å². The van der Waals surface area contributed by atoms with E-state index in [4.69, 9.17) is 0 Å². The van der Waals surface area contributed by atoms with Gasteiger partial charge >= 0.3 is 6.36 Å². The maximum absolute atomic E-state index is 12.7. The van der Waals surface area contributed by atoms with Crippen molar-refractivity contribution in [2.75, 3.05) is 18.0 Å². The van der Waals surface area contributed by atoms with Gasteiger partial charge in [0, 0.05) is 30.8 Å². The summed E-state index contributed by atoms with van der Waals surface area (Å²) < 4.78 is 41.9. The van der Waals surface area contributed by atoms with E-state index in [2.05, 4.69) is 20.3 Å². The zero-order valence-corrected chi connectivity index (χ0v) is 17.8. The van der Waals surface area contributed by atoms with Crippen LogP contribution in [0.4, 0.5) is 19.0 Å². The van der Waals surface area contributed by atoms with Crippen molar-refractivity contribution in [2.24, 2.45) is 5.92 Å². The van der Waals surface area contributed by atoms with Crippen LogP contribution in [0.1, 0.15) is 18.4 Å². The molecule has 1 aliphatic heterocycles. The lowest BCUT2D eigenvalue weighted by molar-refractivity contribution is -0.274. The molecule has 0 saturated carbocycles. The van der Waals surface area contributed by atoms with Gasteiger partial charge in [0.25, 0.3) is 0 Å². The molecule has 1 saturated heterocycles. The Kier molecular flexibility index (Phi) is 6.76. The number of halogens is 3. The Labute approximate surface area is 189 Å². The Morgan fingerprint density at radius 1 is 1.03 bits per heavy atom. The number of hydrogen-bond donors (Lipinski definition) is 1. The summed E-state index contributed by atoms with van der Waals surface area (Å²) in [6.45, 7) is 1.17. The summed E-state index contributed by atoms with van der Waals surface area (Å²) in [6.07, 6.45) is -3.30. The fourth-order valence-corrected chi connectivity index (χ4v) is 3.86.